The SMILES string of the molecule is CC(=O)NC(C)C(=O)Nc1c(C)cc(C)cc1C. The van der Waals surface area contributed by atoms with Gasteiger partial charge >= 0.3 is 0 Å². The molecule has 1 rings (SSSR count). The number of amides is 2. The number of nitrogens with one attached hydrogen (secondary N) is 2. The van der Waals surface area contributed by atoms with E-state index in [4.69, 9.17) is 0 Å². The van der Waals surface area contributed by atoms with Crippen molar-refractivity contribution in [1.82, 2.24) is 5.32 Å². The Kier molecular flexibility index (Phi) is 4.48. The lowest BCUT2D eigenvalue weighted by molar-refractivity contribution is -0.124. The van der Waals surface area contributed by atoms with Crippen molar-refractivity contribution in [2.24, 2.45) is 0 Å². The average Bonchev–Trinajstić information content (AvgIpc) is 2.21. The van der Waals surface area contributed by atoms with Crippen LogP contribution in [0.25, 0.3) is 0 Å². The first kappa shape index (κ1) is 14.2. The highest BCUT2D eigenvalue weighted by atomic mass is 16.2. The van der Waals surface area contributed by atoms with E-state index >= 15 is 0 Å². The molecule has 0 fully saturated rings. The summed E-state index contributed by atoms with van der Waals surface area (Å²) in [4.78, 5) is 22.8. The third-order valence-electron chi connectivity index (χ3n) is 2.74. The quantitative estimate of drug-likeness (QED) is 0.860. The molecule has 1 atom stereocenters. The predicted octanol–water partition coefficient (Wildman–Crippen LogP) is 2.07. The van der Waals surface area contributed by atoms with E-state index in [1.807, 2.05) is 32.9 Å². The normalized spacial score (nSPS) is 11.8. The molecule has 0 aliphatic carbocycles. The first-order valence-corrected chi connectivity index (χ1v) is 5.97. The third-order valence-corrected chi connectivity index (χ3v) is 2.74. The Labute approximate surface area is 108 Å². The fourth-order valence-corrected chi connectivity index (χ4v) is 1.98. The molecule has 1 unspecified atom stereocenters. The molecule has 0 aliphatic heterocycles. The zero-order valence-electron chi connectivity index (χ0n) is 11.5. The monoisotopic (exact) mass is 248 g/mol. The highest BCUT2D eigenvalue weighted by Crippen LogP contribution is 2.21. The molecule has 0 saturated heterocycles. The summed E-state index contributed by atoms with van der Waals surface area (Å²) in [6.07, 6.45) is 0. The van der Waals surface area contributed by atoms with E-state index in [0.29, 0.717) is 0 Å². The van der Waals surface area contributed by atoms with E-state index < -0.39 is 6.04 Å². The molecule has 1 aromatic carbocycles. The Hall–Kier alpha value is -1.84. The van der Waals surface area contributed by atoms with Crippen LogP contribution in [-0.2, 0) is 9.59 Å². The maximum atomic E-state index is 11.9. The van der Waals surface area contributed by atoms with Crippen molar-refractivity contribution >= 4 is 17.5 Å². The van der Waals surface area contributed by atoms with Crippen molar-refractivity contribution in [3.8, 4) is 0 Å². The molecule has 4 nitrogen and oxygen atoms in total. The molecule has 18 heavy (non-hydrogen) atoms. The minimum absolute atomic E-state index is 0.208. The average molecular weight is 248 g/mol. The maximum absolute atomic E-state index is 11.9. The second-order valence-electron chi connectivity index (χ2n) is 4.69. The molecular formula is C14H20N2O2. The van der Waals surface area contributed by atoms with Crippen molar-refractivity contribution in [3.63, 3.8) is 0 Å². The number of hydrogen-bond donors (Lipinski definition) is 2. The zero-order chi connectivity index (χ0) is 13.9. The molecule has 0 radical (unpaired) electrons. The number of anilines is 1. The van der Waals surface area contributed by atoms with Crippen molar-refractivity contribution in [3.05, 3.63) is 28.8 Å². The molecule has 98 valence electrons. The van der Waals surface area contributed by atoms with Crippen LogP contribution in [0.2, 0.25) is 0 Å². The Morgan fingerprint density at radius 2 is 1.61 bits per heavy atom. The van der Waals surface area contributed by atoms with Crippen molar-refractivity contribution in [2.75, 3.05) is 5.32 Å². The molecule has 2 N–H and O–H groups in total. The van der Waals surface area contributed by atoms with E-state index in [2.05, 4.69) is 10.6 Å². The van der Waals surface area contributed by atoms with Crippen molar-refractivity contribution in [2.45, 2.75) is 40.7 Å². The van der Waals surface area contributed by atoms with Gasteiger partial charge in [0.15, 0.2) is 0 Å². The largest absolute Gasteiger partial charge is 0.345 e. The maximum Gasteiger partial charge on any atom is 0.246 e. The molecular weight excluding hydrogens is 228 g/mol. The number of aryl methyl sites for hydroxylation is 3. The van der Waals surface area contributed by atoms with Crippen LogP contribution in [-0.4, -0.2) is 17.9 Å². The highest BCUT2D eigenvalue weighted by molar-refractivity contribution is 5.97. The molecule has 0 spiro atoms. The topological polar surface area (TPSA) is 58.2 Å². The van der Waals surface area contributed by atoms with Crippen LogP contribution in [0.4, 0.5) is 5.69 Å². The Balaban J connectivity index is 2.85. The van der Waals surface area contributed by atoms with E-state index in [9.17, 15) is 9.59 Å². The summed E-state index contributed by atoms with van der Waals surface area (Å²) in [6, 6.07) is 3.50. The van der Waals surface area contributed by atoms with Gasteiger partial charge in [0.1, 0.15) is 6.04 Å². The molecule has 1 aromatic rings. The fraction of sp³-hybridized carbons (Fsp3) is 0.429. The summed E-state index contributed by atoms with van der Waals surface area (Å²) in [5.74, 6) is -0.421. The van der Waals surface area contributed by atoms with Crippen LogP contribution >= 0.6 is 0 Å². The molecule has 0 saturated carbocycles. The van der Waals surface area contributed by atoms with E-state index in [0.717, 1.165) is 22.4 Å². The van der Waals surface area contributed by atoms with Gasteiger partial charge in [-0.25, -0.2) is 0 Å². The number of benzene rings is 1. The molecule has 0 aliphatic rings. The van der Waals surface area contributed by atoms with Gasteiger partial charge in [-0.15, -0.1) is 0 Å². The van der Waals surface area contributed by atoms with Gasteiger partial charge in [-0.1, -0.05) is 17.7 Å². The van der Waals surface area contributed by atoms with Gasteiger partial charge in [-0.2, -0.15) is 0 Å². The van der Waals surface area contributed by atoms with Gasteiger partial charge < -0.3 is 10.6 Å². The van der Waals surface area contributed by atoms with E-state index in [1.54, 1.807) is 6.92 Å². The van der Waals surface area contributed by atoms with Crippen LogP contribution < -0.4 is 10.6 Å². The molecule has 4 heteroatoms. The van der Waals surface area contributed by atoms with Crippen LogP contribution in [0.1, 0.15) is 30.5 Å². The summed E-state index contributed by atoms with van der Waals surface area (Å²) >= 11 is 0. The number of carbonyl (C=O) groups excluding carboxylic acids is 2. The highest BCUT2D eigenvalue weighted by Gasteiger charge is 2.15. The van der Waals surface area contributed by atoms with Gasteiger partial charge in [0, 0.05) is 12.6 Å². The summed E-state index contributed by atoms with van der Waals surface area (Å²) in [5, 5.41) is 5.42. The summed E-state index contributed by atoms with van der Waals surface area (Å²) in [7, 11) is 0. The van der Waals surface area contributed by atoms with Gasteiger partial charge in [-0.3, -0.25) is 9.59 Å². The lowest BCUT2D eigenvalue weighted by atomic mass is 10.0. The van der Waals surface area contributed by atoms with Gasteiger partial charge in [-0.05, 0) is 38.8 Å². The Bertz CT molecular complexity index is 458. The summed E-state index contributed by atoms with van der Waals surface area (Å²) in [6.45, 7) is 8.99. The standard InChI is InChI=1S/C14H20N2O2/c1-8-6-9(2)13(10(3)7-8)16-14(18)11(4)15-12(5)17/h6-7,11H,1-5H3,(H,15,17)(H,16,18). The predicted molar refractivity (Wildman–Crippen MR) is 72.6 cm³/mol. The van der Waals surface area contributed by atoms with E-state index in [-0.39, 0.29) is 11.8 Å². The first-order chi connectivity index (χ1) is 8.31. The Morgan fingerprint density at radius 1 is 1.11 bits per heavy atom. The lowest BCUT2D eigenvalue weighted by Gasteiger charge is -2.16. The fourth-order valence-electron chi connectivity index (χ4n) is 1.98. The zero-order valence-corrected chi connectivity index (χ0v) is 11.5. The number of rotatable bonds is 3. The van der Waals surface area contributed by atoms with Crippen LogP contribution in [0.3, 0.4) is 0 Å². The molecule has 0 aromatic heterocycles. The van der Waals surface area contributed by atoms with Crippen molar-refractivity contribution < 1.29 is 9.59 Å². The van der Waals surface area contributed by atoms with Crippen LogP contribution in [0.5, 0.6) is 0 Å². The minimum atomic E-state index is -0.539. The third kappa shape index (κ3) is 3.58. The Morgan fingerprint density at radius 3 is 2.06 bits per heavy atom. The second-order valence-corrected chi connectivity index (χ2v) is 4.69. The minimum Gasteiger partial charge on any atom is -0.345 e. The second kappa shape index (κ2) is 5.67. The smallest absolute Gasteiger partial charge is 0.246 e. The number of hydrogen-bond acceptors (Lipinski definition) is 2. The van der Waals surface area contributed by atoms with Crippen molar-refractivity contribution in [1.29, 1.82) is 0 Å². The first-order valence-electron chi connectivity index (χ1n) is 5.97. The lowest BCUT2D eigenvalue weighted by Crippen LogP contribution is -2.40. The summed E-state index contributed by atoms with van der Waals surface area (Å²) < 4.78 is 0. The molecule has 0 bridgehead atoms. The number of carbonyl (C=O) groups is 2. The summed E-state index contributed by atoms with van der Waals surface area (Å²) in [5.41, 5.74) is 4.03. The molecule has 2 amide bonds. The molecule has 0 heterocycles. The van der Waals surface area contributed by atoms with Crippen LogP contribution in [0.15, 0.2) is 12.1 Å². The van der Waals surface area contributed by atoms with Gasteiger partial charge in [0.2, 0.25) is 11.8 Å². The van der Waals surface area contributed by atoms with Gasteiger partial charge in [0.05, 0.1) is 0 Å². The van der Waals surface area contributed by atoms with Crippen LogP contribution in [0, 0.1) is 20.8 Å². The van der Waals surface area contributed by atoms with Gasteiger partial charge in [0.25, 0.3) is 0 Å². The van der Waals surface area contributed by atoms with E-state index in [1.165, 1.54) is 6.92 Å².